The predicted octanol–water partition coefficient (Wildman–Crippen LogP) is 3.46. The molecule has 2 heterocycles. The molecule has 3 rings (SSSR count). The number of morpholine rings is 1. The Bertz CT molecular complexity index is 778. The van der Waals surface area contributed by atoms with E-state index in [1.54, 1.807) is 17.0 Å². The number of halogens is 1. The predicted molar refractivity (Wildman–Crippen MR) is 120 cm³/mol. The number of piperidine rings is 1. The lowest BCUT2D eigenvalue weighted by molar-refractivity contribution is -0.121. The summed E-state index contributed by atoms with van der Waals surface area (Å²) in [5.41, 5.74) is 0.952. The van der Waals surface area contributed by atoms with Crippen molar-refractivity contribution in [2.75, 3.05) is 42.9 Å². The minimum atomic E-state index is -0.363. The van der Waals surface area contributed by atoms with Crippen molar-refractivity contribution < 1.29 is 18.7 Å². The first-order valence-corrected chi connectivity index (χ1v) is 11.3. The summed E-state index contributed by atoms with van der Waals surface area (Å²) in [4.78, 5) is 28.8. The molecule has 8 heteroatoms. The standard InChI is InChI=1S/C23H35FN4O3/c1-15(2)11-25-23(30)27-9-5-6-18(14-27)22(29)26-19-7-8-21(20(24)10-19)28-12-16(3)31-17(4)13-28/h7-8,10,15-18H,5-6,9,11-14H2,1-4H3,(H,25,30)(H,26,29)/t16-,17-,18+/m1/s1. The fourth-order valence-electron chi connectivity index (χ4n) is 4.24. The number of carbonyl (C=O) groups excluding carboxylic acids is 2. The molecular formula is C23H35FN4O3. The van der Waals surface area contributed by atoms with E-state index in [9.17, 15) is 14.0 Å². The normalized spacial score (nSPS) is 24.3. The number of nitrogens with one attached hydrogen (secondary N) is 2. The van der Waals surface area contributed by atoms with E-state index in [1.807, 2.05) is 32.6 Å². The molecule has 1 aromatic carbocycles. The fraction of sp³-hybridized carbons (Fsp3) is 0.652. The zero-order valence-corrected chi connectivity index (χ0v) is 19.0. The molecule has 2 saturated heterocycles. The number of nitrogens with zero attached hydrogens (tertiary/aromatic N) is 2. The minimum Gasteiger partial charge on any atom is -0.372 e. The lowest BCUT2D eigenvalue weighted by Crippen LogP contribution is -2.48. The van der Waals surface area contributed by atoms with Gasteiger partial charge in [-0.2, -0.15) is 0 Å². The molecular weight excluding hydrogens is 399 g/mol. The molecule has 0 bridgehead atoms. The van der Waals surface area contributed by atoms with E-state index < -0.39 is 0 Å². The third-order valence-electron chi connectivity index (χ3n) is 5.72. The monoisotopic (exact) mass is 434 g/mol. The van der Waals surface area contributed by atoms with Crippen LogP contribution in [0.3, 0.4) is 0 Å². The van der Waals surface area contributed by atoms with Gasteiger partial charge in [0.1, 0.15) is 5.82 Å². The third-order valence-corrected chi connectivity index (χ3v) is 5.72. The van der Waals surface area contributed by atoms with Crippen LogP contribution in [-0.2, 0) is 9.53 Å². The van der Waals surface area contributed by atoms with Crippen LogP contribution in [0.4, 0.5) is 20.6 Å². The smallest absolute Gasteiger partial charge is 0.317 e. The number of ether oxygens (including phenoxy) is 1. The van der Waals surface area contributed by atoms with Crippen LogP contribution in [0.2, 0.25) is 0 Å². The van der Waals surface area contributed by atoms with E-state index in [1.165, 1.54) is 6.07 Å². The van der Waals surface area contributed by atoms with Gasteiger partial charge in [-0.3, -0.25) is 4.79 Å². The molecule has 31 heavy (non-hydrogen) atoms. The number of urea groups is 1. The maximum atomic E-state index is 14.8. The lowest BCUT2D eigenvalue weighted by atomic mass is 9.97. The number of rotatable bonds is 5. The second-order valence-corrected chi connectivity index (χ2v) is 9.18. The molecule has 7 nitrogen and oxygen atoms in total. The molecule has 1 aromatic rings. The van der Waals surface area contributed by atoms with Gasteiger partial charge in [-0.05, 0) is 50.8 Å². The molecule has 2 aliphatic rings. The van der Waals surface area contributed by atoms with Crippen LogP contribution >= 0.6 is 0 Å². The number of amides is 3. The topological polar surface area (TPSA) is 73.9 Å². The van der Waals surface area contributed by atoms with Crippen LogP contribution in [0.5, 0.6) is 0 Å². The van der Waals surface area contributed by atoms with E-state index in [2.05, 4.69) is 10.6 Å². The van der Waals surface area contributed by atoms with Crippen molar-refractivity contribution in [3.8, 4) is 0 Å². The van der Waals surface area contributed by atoms with E-state index in [-0.39, 0.29) is 35.9 Å². The SMILES string of the molecule is CC(C)CNC(=O)N1CCC[C@H](C(=O)Nc2ccc(N3C[C@@H](C)O[C@H](C)C3)c(F)c2)C1. The maximum Gasteiger partial charge on any atom is 0.317 e. The molecule has 0 saturated carbocycles. The molecule has 2 aliphatic heterocycles. The zero-order valence-electron chi connectivity index (χ0n) is 19.0. The summed E-state index contributed by atoms with van der Waals surface area (Å²) in [5.74, 6) is -0.476. The number of carbonyl (C=O) groups is 2. The van der Waals surface area contributed by atoms with Gasteiger partial charge in [-0.1, -0.05) is 13.8 Å². The summed E-state index contributed by atoms with van der Waals surface area (Å²) in [6.07, 6.45) is 1.56. The van der Waals surface area contributed by atoms with E-state index in [0.29, 0.717) is 56.4 Å². The van der Waals surface area contributed by atoms with Crippen LogP contribution in [-0.4, -0.2) is 61.8 Å². The Morgan fingerprint density at radius 3 is 2.55 bits per heavy atom. The van der Waals surface area contributed by atoms with Gasteiger partial charge < -0.3 is 25.2 Å². The number of benzene rings is 1. The van der Waals surface area contributed by atoms with Crippen LogP contribution < -0.4 is 15.5 Å². The molecule has 0 unspecified atom stereocenters. The number of anilines is 2. The van der Waals surface area contributed by atoms with Crippen LogP contribution in [0, 0.1) is 17.7 Å². The Morgan fingerprint density at radius 1 is 1.19 bits per heavy atom. The highest BCUT2D eigenvalue weighted by atomic mass is 19.1. The molecule has 2 N–H and O–H groups in total. The number of hydrogen-bond acceptors (Lipinski definition) is 4. The molecule has 3 atom stereocenters. The summed E-state index contributed by atoms with van der Waals surface area (Å²) in [7, 11) is 0. The van der Waals surface area contributed by atoms with Crippen molar-refractivity contribution >= 4 is 23.3 Å². The maximum absolute atomic E-state index is 14.8. The second kappa shape index (κ2) is 10.3. The van der Waals surface area contributed by atoms with Gasteiger partial charge in [-0.25, -0.2) is 9.18 Å². The van der Waals surface area contributed by atoms with E-state index in [4.69, 9.17) is 4.74 Å². The Morgan fingerprint density at radius 2 is 1.90 bits per heavy atom. The Labute approximate surface area is 184 Å². The van der Waals surface area contributed by atoms with Crippen LogP contribution in [0.25, 0.3) is 0 Å². The van der Waals surface area contributed by atoms with Crippen molar-refractivity contribution in [2.45, 2.75) is 52.7 Å². The lowest BCUT2D eigenvalue weighted by Gasteiger charge is -2.37. The molecule has 0 radical (unpaired) electrons. The molecule has 0 aromatic heterocycles. The van der Waals surface area contributed by atoms with Crippen molar-refractivity contribution in [3.63, 3.8) is 0 Å². The number of hydrogen-bond donors (Lipinski definition) is 2. The van der Waals surface area contributed by atoms with Crippen molar-refractivity contribution in [3.05, 3.63) is 24.0 Å². The first-order chi connectivity index (χ1) is 14.7. The minimum absolute atomic E-state index is 0.0366. The van der Waals surface area contributed by atoms with Gasteiger partial charge in [-0.15, -0.1) is 0 Å². The Hall–Kier alpha value is -2.35. The average molecular weight is 435 g/mol. The summed E-state index contributed by atoms with van der Waals surface area (Å²) in [6, 6.07) is 4.68. The highest BCUT2D eigenvalue weighted by molar-refractivity contribution is 5.93. The Kier molecular flexibility index (Phi) is 7.75. The molecule has 0 aliphatic carbocycles. The van der Waals surface area contributed by atoms with Gasteiger partial charge in [0.05, 0.1) is 23.8 Å². The molecule has 2 fully saturated rings. The Balaban J connectivity index is 1.58. The summed E-state index contributed by atoms with van der Waals surface area (Å²) >= 11 is 0. The molecule has 3 amide bonds. The quantitative estimate of drug-likeness (QED) is 0.744. The number of likely N-dealkylation sites (tertiary alicyclic amines) is 1. The summed E-state index contributed by atoms with van der Waals surface area (Å²) in [5, 5.41) is 5.73. The largest absolute Gasteiger partial charge is 0.372 e. The first-order valence-electron chi connectivity index (χ1n) is 11.3. The average Bonchev–Trinajstić information content (AvgIpc) is 2.71. The van der Waals surface area contributed by atoms with Crippen LogP contribution in [0.1, 0.15) is 40.5 Å². The van der Waals surface area contributed by atoms with E-state index >= 15 is 0 Å². The molecule has 172 valence electrons. The van der Waals surface area contributed by atoms with E-state index in [0.717, 1.165) is 6.42 Å². The molecule has 0 spiro atoms. The van der Waals surface area contributed by atoms with Gasteiger partial charge in [0.2, 0.25) is 5.91 Å². The highest BCUT2D eigenvalue weighted by Gasteiger charge is 2.29. The third kappa shape index (κ3) is 6.32. The first kappa shape index (κ1) is 23.3. The van der Waals surface area contributed by atoms with Crippen molar-refractivity contribution in [1.29, 1.82) is 0 Å². The van der Waals surface area contributed by atoms with Crippen molar-refractivity contribution in [2.24, 2.45) is 11.8 Å². The second-order valence-electron chi connectivity index (χ2n) is 9.18. The fourth-order valence-corrected chi connectivity index (χ4v) is 4.24. The van der Waals surface area contributed by atoms with Gasteiger partial charge in [0.15, 0.2) is 0 Å². The van der Waals surface area contributed by atoms with Crippen molar-refractivity contribution in [1.82, 2.24) is 10.2 Å². The van der Waals surface area contributed by atoms with Gasteiger partial charge >= 0.3 is 6.03 Å². The van der Waals surface area contributed by atoms with Gasteiger partial charge in [0, 0.05) is 38.4 Å². The highest BCUT2D eigenvalue weighted by Crippen LogP contribution is 2.27. The van der Waals surface area contributed by atoms with Gasteiger partial charge in [0.25, 0.3) is 0 Å². The summed E-state index contributed by atoms with van der Waals surface area (Å²) in [6.45, 7) is 10.9. The zero-order chi connectivity index (χ0) is 22.5. The van der Waals surface area contributed by atoms with Crippen LogP contribution in [0.15, 0.2) is 18.2 Å². The summed E-state index contributed by atoms with van der Waals surface area (Å²) < 4.78 is 20.5.